The largest absolute Gasteiger partial charge is 0.0622 e. The molecule has 0 N–H and O–H groups in total. The SMILES string of the molecule is CC12CCCC1C1C(c3ccccc3)Cc3ccccc3C1CC2. The lowest BCUT2D eigenvalue weighted by Crippen LogP contribution is -2.43. The van der Waals surface area contributed by atoms with Gasteiger partial charge in [-0.3, -0.25) is 0 Å². The van der Waals surface area contributed by atoms with E-state index in [0.29, 0.717) is 11.3 Å². The Kier molecular flexibility index (Phi) is 3.37. The Morgan fingerprint density at radius 2 is 1.62 bits per heavy atom. The van der Waals surface area contributed by atoms with Crippen LogP contribution in [0, 0.1) is 17.3 Å². The van der Waals surface area contributed by atoms with Crippen molar-refractivity contribution in [3.05, 3.63) is 71.3 Å². The molecular formula is C24H28. The fraction of sp³-hybridized carbons (Fsp3) is 0.500. The third kappa shape index (κ3) is 2.11. The highest BCUT2D eigenvalue weighted by molar-refractivity contribution is 5.39. The smallest absolute Gasteiger partial charge is 0.00844 e. The van der Waals surface area contributed by atoms with E-state index >= 15 is 0 Å². The lowest BCUT2D eigenvalue weighted by molar-refractivity contribution is 0.0470. The summed E-state index contributed by atoms with van der Waals surface area (Å²) in [7, 11) is 0. The summed E-state index contributed by atoms with van der Waals surface area (Å²) in [6.07, 6.45) is 8.46. The standard InChI is InChI=1S/C24H28/c1-24-14-7-12-22(24)23-20(13-15-24)19-11-6-5-10-18(19)16-21(23)17-8-3-2-4-9-17/h2-6,8-11,20-23H,7,12-16H2,1H3. The van der Waals surface area contributed by atoms with Gasteiger partial charge in [0.15, 0.2) is 0 Å². The average molecular weight is 316 g/mol. The maximum absolute atomic E-state index is 2.60. The van der Waals surface area contributed by atoms with E-state index in [2.05, 4.69) is 61.5 Å². The summed E-state index contributed by atoms with van der Waals surface area (Å²) in [5, 5.41) is 0. The Balaban J connectivity index is 1.64. The number of hydrogen-bond donors (Lipinski definition) is 0. The molecule has 0 bridgehead atoms. The van der Waals surface area contributed by atoms with Crippen molar-refractivity contribution in [1.82, 2.24) is 0 Å². The van der Waals surface area contributed by atoms with Crippen molar-refractivity contribution in [2.75, 3.05) is 0 Å². The van der Waals surface area contributed by atoms with E-state index in [-0.39, 0.29) is 0 Å². The van der Waals surface area contributed by atoms with Gasteiger partial charge in [-0.1, -0.05) is 67.9 Å². The highest BCUT2D eigenvalue weighted by atomic mass is 14.6. The molecule has 24 heavy (non-hydrogen) atoms. The van der Waals surface area contributed by atoms with E-state index < -0.39 is 0 Å². The van der Waals surface area contributed by atoms with E-state index in [1.54, 1.807) is 16.7 Å². The molecule has 0 radical (unpaired) electrons. The Hall–Kier alpha value is -1.56. The van der Waals surface area contributed by atoms with Crippen LogP contribution >= 0.6 is 0 Å². The summed E-state index contributed by atoms with van der Waals surface area (Å²) >= 11 is 0. The molecule has 5 rings (SSSR count). The summed E-state index contributed by atoms with van der Waals surface area (Å²) in [6.45, 7) is 2.60. The molecule has 0 heterocycles. The van der Waals surface area contributed by atoms with Crippen molar-refractivity contribution in [1.29, 1.82) is 0 Å². The molecule has 3 aliphatic carbocycles. The van der Waals surface area contributed by atoms with E-state index in [1.165, 1.54) is 38.5 Å². The van der Waals surface area contributed by atoms with Gasteiger partial charge in [-0.05, 0) is 77.9 Å². The lowest BCUT2D eigenvalue weighted by Gasteiger charge is -2.52. The number of benzene rings is 2. The minimum atomic E-state index is 0.612. The molecule has 2 saturated carbocycles. The maximum atomic E-state index is 2.60. The summed E-state index contributed by atoms with van der Waals surface area (Å²) in [4.78, 5) is 0. The molecule has 0 aliphatic heterocycles. The van der Waals surface area contributed by atoms with Crippen LogP contribution in [0.3, 0.4) is 0 Å². The van der Waals surface area contributed by atoms with Crippen molar-refractivity contribution in [2.24, 2.45) is 17.3 Å². The Bertz CT molecular complexity index is 731. The zero-order chi connectivity index (χ0) is 16.1. The molecule has 0 saturated heterocycles. The Morgan fingerprint density at radius 1 is 0.833 bits per heavy atom. The maximum Gasteiger partial charge on any atom is -0.00844 e. The molecular weight excluding hydrogens is 288 g/mol. The molecule has 0 nitrogen and oxygen atoms in total. The van der Waals surface area contributed by atoms with Crippen LogP contribution in [0.4, 0.5) is 0 Å². The Morgan fingerprint density at radius 3 is 2.50 bits per heavy atom. The van der Waals surface area contributed by atoms with Gasteiger partial charge in [0.1, 0.15) is 0 Å². The second kappa shape index (κ2) is 5.48. The topological polar surface area (TPSA) is 0 Å². The van der Waals surface area contributed by atoms with Crippen LogP contribution in [0.2, 0.25) is 0 Å². The van der Waals surface area contributed by atoms with Crippen LogP contribution in [0.1, 0.15) is 67.6 Å². The summed E-state index contributed by atoms with van der Waals surface area (Å²) < 4.78 is 0. The van der Waals surface area contributed by atoms with Gasteiger partial charge in [-0.25, -0.2) is 0 Å². The van der Waals surface area contributed by atoms with Crippen LogP contribution < -0.4 is 0 Å². The van der Waals surface area contributed by atoms with Crippen LogP contribution in [0.25, 0.3) is 0 Å². The van der Waals surface area contributed by atoms with E-state index in [0.717, 1.165) is 17.8 Å². The first-order valence-corrected chi connectivity index (χ1v) is 9.89. The van der Waals surface area contributed by atoms with Gasteiger partial charge in [0.2, 0.25) is 0 Å². The predicted octanol–water partition coefficient (Wildman–Crippen LogP) is 6.33. The predicted molar refractivity (Wildman–Crippen MR) is 100 cm³/mol. The fourth-order valence-electron chi connectivity index (χ4n) is 6.60. The average Bonchev–Trinajstić information content (AvgIpc) is 3.03. The molecule has 124 valence electrons. The normalized spacial score (nSPS) is 37.4. The first-order chi connectivity index (χ1) is 11.8. The summed E-state index contributed by atoms with van der Waals surface area (Å²) in [5.74, 6) is 3.28. The van der Waals surface area contributed by atoms with Gasteiger partial charge < -0.3 is 0 Å². The third-order valence-corrected chi connectivity index (χ3v) is 7.70. The molecule has 5 unspecified atom stereocenters. The highest BCUT2D eigenvalue weighted by Crippen LogP contribution is 2.63. The first-order valence-electron chi connectivity index (χ1n) is 9.89. The fourth-order valence-corrected chi connectivity index (χ4v) is 6.60. The summed E-state index contributed by atoms with van der Waals surface area (Å²) in [6, 6.07) is 20.7. The van der Waals surface area contributed by atoms with Crippen molar-refractivity contribution in [3.8, 4) is 0 Å². The number of hydrogen-bond acceptors (Lipinski definition) is 0. The third-order valence-electron chi connectivity index (χ3n) is 7.70. The molecule has 5 atom stereocenters. The van der Waals surface area contributed by atoms with Crippen molar-refractivity contribution < 1.29 is 0 Å². The van der Waals surface area contributed by atoms with Gasteiger partial charge >= 0.3 is 0 Å². The van der Waals surface area contributed by atoms with Crippen LogP contribution in [0.15, 0.2) is 54.6 Å². The highest BCUT2D eigenvalue weighted by Gasteiger charge is 2.53. The molecule has 0 aromatic heterocycles. The molecule has 2 fully saturated rings. The van der Waals surface area contributed by atoms with Gasteiger partial charge in [-0.15, -0.1) is 0 Å². The monoisotopic (exact) mass is 316 g/mol. The summed E-state index contributed by atoms with van der Waals surface area (Å²) in [5.41, 5.74) is 5.50. The van der Waals surface area contributed by atoms with Crippen molar-refractivity contribution in [3.63, 3.8) is 0 Å². The quantitative estimate of drug-likeness (QED) is 0.577. The van der Waals surface area contributed by atoms with Crippen molar-refractivity contribution >= 4 is 0 Å². The van der Waals surface area contributed by atoms with E-state index in [1.807, 2.05) is 0 Å². The van der Waals surface area contributed by atoms with Crippen LogP contribution in [-0.4, -0.2) is 0 Å². The number of rotatable bonds is 1. The molecule has 0 amide bonds. The Labute approximate surface area is 146 Å². The second-order valence-electron chi connectivity index (χ2n) is 8.80. The molecule has 0 spiro atoms. The van der Waals surface area contributed by atoms with Gasteiger partial charge in [-0.2, -0.15) is 0 Å². The molecule has 0 heteroatoms. The minimum absolute atomic E-state index is 0.612. The minimum Gasteiger partial charge on any atom is -0.0622 e. The first kappa shape index (κ1) is 14.8. The van der Waals surface area contributed by atoms with Gasteiger partial charge in [0, 0.05) is 0 Å². The molecule has 2 aromatic rings. The zero-order valence-electron chi connectivity index (χ0n) is 14.7. The van der Waals surface area contributed by atoms with E-state index in [4.69, 9.17) is 0 Å². The lowest BCUT2D eigenvalue weighted by atomic mass is 9.52. The molecule has 3 aliphatic rings. The second-order valence-corrected chi connectivity index (χ2v) is 8.80. The van der Waals surface area contributed by atoms with Crippen LogP contribution in [0.5, 0.6) is 0 Å². The number of fused-ring (bicyclic) bond motifs is 5. The van der Waals surface area contributed by atoms with Gasteiger partial charge in [0.25, 0.3) is 0 Å². The van der Waals surface area contributed by atoms with E-state index in [9.17, 15) is 0 Å². The molecule has 2 aromatic carbocycles. The van der Waals surface area contributed by atoms with Crippen molar-refractivity contribution in [2.45, 2.75) is 57.3 Å². The zero-order valence-corrected chi connectivity index (χ0v) is 14.7. The van der Waals surface area contributed by atoms with Crippen LogP contribution in [-0.2, 0) is 6.42 Å². The van der Waals surface area contributed by atoms with Gasteiger partial charge in [0.05, 0.1) is 0 Å².